The van der Waals surface area contributed by atoms with E-state index in [1.54, 1.807) is 24.3 Å². The summed E-state index contributed by atoms with van der Waals surface area (Å²) in [4.78, 5) is 37.8. The second-order valence-corrected chi connectivity index (χ2v) is 4.62. The summed E-state index contributed by atoms with van der Waals surface area (Å²) < 4.78 is 0. The zero-order valence-corrected chi connectivity index (χ0v) is 12.5. The number of carboxylic acids is 1. The SMILES string of the molecule is O=C(CNC(=O)c1ccccn1)NN=Cc1ccc(C(=O)O)cc1. The Kier molecular flexibility index (Phi) is 5.73. The number of carboxylic acid groups (broad SMARTS) is 1. The Morgan fingerprint density at radius 1 is 1.12 bits per heavy atom. The molecule has 0 atom stereocenters. The zero-order valence-electron chi connectivity index (χ0n) is 12.5. The molecule has 1 aromatic heterocycles. The Morgan fingerprint density at radius 3 is 2.50 bits per heavy atom. The Hall–Kier alpha value is -3.55. The number of nitrogens with zero attached hydrogens (tertiary/aromatic N) is 2. The lowest BCUT2D eigenvalue weighted by Gasteiger charge is -2.03. The van der Waals surface area contributed by atoms with Crippen LogP contribution in [0.25, 0.3) is 0 Å². The van der Waals surface area contributed by atoms with Crippen LogP contribution in [0.15, 0.2) is 53.8 Å². The van der Waals surface area contributed by atoms with Crippen molar-refractivity contribution < 1.29 is 19.5 Å². The van der Waals surface area contributed by atoms with Gasteiger partial charge in [0.1, 0.15) is 5.69 Å². The first-order valence-corrected chi connectivity index (χ1v) is 6.91. The van der Waals surface area contributed by atoms with Crippen LogP contribution in [0.5, 0.6) is 0 Å². The fourth-order valence-electron chi connectivity index (χ4n) is 1.68. The van der Waals surface area contributed by atoms with E-state index in [0.29, 0.717) is 5.56 Å². The average molecular weight is 326 g/mol. The minimum absolute atomic E-state index is 0.161. The third-order valence-corrected chi connectivity index (χ3v) is 2.87. The van der Waals surface area contributed by atoms with Gasteiger partial charge >= 0.3 is 5.97 Å². The molecule has 8 heteroatoms. The second kappa shape index (κ2) is 8.18. The van der Waals surface area contributed by atoms with Crippen molar-refractivity contribution in [3.63, 3.8) is 0 Å². The Balaban J connectivity index is 1.78. The molecule has 0 unspecified atom stereocenters. The largest absolute Gasteiger partial charge is 0.478 e. The quantitative estimate of drug-likeness (QED) is 0.532. The highest BCUT2D eigenvalue weighted by Gasteiger charge is 2.07. The fourth-order valence-corrected chi connectivity index (χ4v) is 1.68. The number of hydrazone groups is 1. The molecule has 2 aromatic rings. The van der Waals surface area contributed by atoms with Crippen molar-refractivity contribution >= 4 is 24.0 Å². The Morgan fingerprint density at radius 2 is 1.88 bits per heavy atom. The van der Waals surface area contributed by atoms with Crippen molar-refractivity contribution in [1.29, 1.82) is 0 Å². The van der Waals surface area contributed by atoms with E-state index in [2.05, 4.69) is 20.8 Å². The number of hydrogen-bond acceptors (Lipinski definition) is 5. The number of hydrogen-bond donors (Lipinski definition) is 3. The van der Waals surface area contributed by atoms with E-state index in [0.717, 1.165) is 0 Å². The van der Waals surface area contributed by atoms with Gasteiger partial charge in [-0.05, 0) is 29.8 Å². The molecule has 8 nitrogen and oxygen atoms in total. The fraction of sp³-hybridized carbons (Fsp3) is 0.0625. The molecule has 2 amide bonds. The number of benzene rings is 1. The minimum atomic E-state index is -1.02. The van der Waals surface area contributed by atoms with E-state index >= 15 is 0 Å². The standard InChI is InChI=1S/C16H14N4O4/c21-14(10-18-15(22)13-3-1-2-8-17-13)20-19-9-11-4-6-12(7-5-11)16(23)24/h1-9H,10H2,(H,18,22)(H,20,21)(H,23,24). The smallest absolute Gasteiger partial charge is 0.335 e. The van der Waals surface area contributed by atoms with Crippen LogP contribution in [0.3, 0.4) is 0 Å². The van der Waals surface area contributed by atoms with Crippen molar-refractivity contribution in [1.82, 2.24) is 15.7 Å². The molecule has 0 saturated carbocycles. The number of pyridine rings is 1. The molecule has 3 N–H and O–H groups in total. The van der Waals surface area contributed by atoms with Gasteiger partial charge in [-0.1, -0.05) is 18.2 Å². The van der Waals surface area contributed by atoms with Crippen LogP contribution in [0.2, 0.25) is 0 Å². The summed E-state index contributed by atoms with van der Waals surface area (Å²) in [5, 5.41) is 14.9. The van der Waals surface area contributed by atoms with Crippen molar-refractivity contribution in [3.05, 3.63) is 65.5 Å². The van der Waals surface area contributed by atoms with Gasteiger partial charge in [0.15, 0.2) is 0 Å². The normalized spacial score (nSPS) is 10.3. The van der Waals surface area contributed by atoms with Gasteiger partial charge in [0.25, 0.3) is 11.8 Å². The predicted molar refractivity (Wildman–Crippen MR) is 85.7 cm³/mol. The van der Waals surface area contributed by atoms with Crippen molar-refractivity contribution in [3.8, 4) is 0 Å². The minimum Gasteiger partial charge on any atom is -0.478 e. The summed E-state index contributed by atoms with van der Waals surface area (Å²) in [6.45, 7) is -0.245. The van der Waals surface area contributed by atoms with E-state index < -0.39 is 17.8 Å². The molecule has 1 heterocycles. The summed E-state index contributed by atoms with van der Waals surface area (Å²) in [5.74, 6) is -1.98. The summed E-state index contributed by atoms with van der Waals surface area (Å²) in [7, 11) is 0. The first kappa shape index (κ1) is 16.8. The molecule has 0 aliphatic heterocycles. The first-order chi connectivity index (χ1) is 11.6. The van der Waals surface area contributed by atoms with Crippen molar-refractivity contribution in [2.45, 2.75) is 0 Å². The molecular weight excluding hydrogens is 312 g/mol. The topological polar surface area (TPSA) is 121 Å². The number of carbonyl (C=O) groups is 3. The van der Waals surface area contributed by atoms with Crippen LogP contribution in [0.1, 0.15) is 26.4 Å². The van der Waals surface area contributed by atoms with Gasteiger partial charge in [-0.25, -0.2) is 10.2 Å². The van der Waals surface area contributed by atoms with Crippen LogP contribution in [0, 0.1) is 0 Å². The molecule has 0 fully saturated rings. The highest BCUT2D eigenvalue weighted by molar-refractivity contribution is 5.95. The molecule has 0 spiro atoms. The van der Waals surface area contributed by atoms with Crippen LogP contribution in [-0.4, -0.2) is 40.6 Å². The average Bonchev–Trinajstić information content (AvgIpc) is 2.61. The molecule has 2 rings (SSSR count). The third-order valence-electron chi connectivity index (χ3n) is 2.87. The molecule has 24 heavy (non-hydrogen) atoms. The number of rotatable bonds is 6. The lowest BCUT2D eigenvalue weighted by molar-refractivity contribution is -0.120. The van der Waals surface area contributed by atoms with Gasteiger partial charge in [0.05, 0.1) is 18.3 Å². The molecular formula is C16H14N4O4. The maximum Gasteiger partial charge on any atom is 0.335 e. The maximum absolute atomic E-state index is 11.7. The van der Waals surface area contributed by atoms with Crippen LogP contribution in [-0.2, 0) is 4.79 Å². The highest BCUT2D eigenvalue weighted by atomic mass is 16.4. The summed E-state index contributed by atoms with van der Waals surface area (Å²) in [6.07, 6.45) is 2.85. The van der Waals surface area contributed by atoms with E-state index in [1.807, 2.05) is 0 Å². The van der Waals surface area contributed by atoms with Gasteiger partial charge < -0.3 is 10.4 Å². The molecule has 122 valence electrons. The van der Waals surface area contributed by atoms with Crippen molar-refractivity contribution in [2.24, 2.45) is 5.10 Å². The molecule has 0 aliphatic rings. The van der Waals surface area contributed by atoms with Gasteiger partial charge in [-0.15, -0.1) is 0 Å². The Labute approximate surface area is 137 Å². The van der Waals surface area contributed by atoms with E-state index in [-0.39, 0.29) is 17.8 Å². The monoisotopic (exact) mass is 326 g/mol. The van der Waals surface area contributed by atoms with Gasteiger partial charge in [-0.2, -0.15) is 5.10 Å². The number of aromatic nitrogens is 1. The van der Waals surface area contributed by atoms with Gasteiger partial charge in [0.2, 0.25) is 0 Å². The second-order valence-electron chi connectivity index (χ2n) is 4.62. The molecule has 0 radical (unpaired) electrons. The number of amides is 2. The summed E-state index contributed by atoms with van der Waals surface area (Å²) in [5.41, 5.74) is 3.25. The van der Waals surface area contributed by atoms with Crippen molar-refractivity contribution in [2.75, 3.05) is 6.54 Å². The van der Waals surface area contributed by atoms with Gasteiger partial charge in [0, 0.05) is 6.20 Å². The lowest BCUT2D eigenvalue weighted by atomic mass is 10.1. The molecule has 0 aliphatic carbocycles. The number of carbonyl (C=O) groups excluding carboxylic acids is 2. The summed E-state index contributed by atoms with van der Waals surface area (Å²) in [6, 6.07) is 10.9. The third kappa shape index (κ3) is 5.02. The molecule has 1 aromatic carbocycles. The van der Waals surface area contributed by atoms with E-state index in [9.17, 15) is 14.4 Å². The van der Waals surface area contributed by atoms with Crippen LogP contribution in [0.4, 0.5) is 0 Å². The van der Waals surface area contributed by atoms with E-state index in [1.165, 1.54) is 30.6 Å². The first-order valence-electron chi connectivity index (χ1n) is 6.91. The van der Waals surface area contributed by atoms with Crippen LogP contribution < -0.4 is 10.7 Å². The molecule has 0 saturated heterocycles. The summed E-state index contributed by atoms with van der Waals surface area (Å²) >= 11 is 0. The van der Waals surface area contributed by atoms with E-state index in [4.69, 9.17) is 5.11 Å². The number of nitrogens with one attached hydrogen (secondary N) is 2. The maximum atomic E-state index is 11.7. The molecule has 0 bridgehead atoms. The predicted octanol–water partition coefficient (Wildman–Crippen LogP) is 0.660. The Bertz CT molecular complexity index is 757. The van der Waals surface area contributed by atoms with Gasteiger partial charge in [-0.3, -0.25) is 14.6 Å². The number of aromatic carboxylic acids is 1. The lowest BCUT2D eigenvalue weighted by Crippen LogP contribution is -2.35. The van der Waals surface area contributed by atoms with Crippen LogP contribution >= 0.6 is 0 Å². The zero-order chi connectivity index (χ0) is 17.4. The highest BCUT2D eigenvalue weighted by Crippen LogP contribution is 2.02.